The standard InChI is InChI=1S/C13H17N3O2/c14-7-3-5-10-4-1-2-6-11(10)16-9-12(17)15-8-13(16)18/h1-2,4,6H,3,5,7-9,14H2,(H,15,17). The Labute approximate surface area is 106 Å². The average Bonchev–Trinajstić information content (AvgIpc) is 2.39. The Morgan fingerprint density at radius 3 is 2.83 bits per heavy atom. The number of piperazine rings is 1. The number of carbonyl (C=O) groups excluding carboxylic acids is 2. The zero-order valence-electron chi connectivity index (χ0n) is 10.2. The van der Waals surface area contributed by atoms with Crippen LogP contribution in [0.5, 0.6) is 0 Å². The van der Waals surface area contributed by atoms with Crippen molar-refractivity contribution in [3.8, 4) is 0 Å². The first-order chi connectivity index (χ1) is 8.72. The largest absolute Gasteiger partial charge is 0.345 e. The van der Waals surface area contributed by atoms with Gasteiger partial charge < -0.3 is 16.0 Å². The van der Waals surface area contributed by atoms with Crippen LogP contribution in [0.3, 0.4) is 0 Å². The van der Waals surface area contributed by atoms with Gasteiger partial charge in [-0.1, -0.05) is 18.2 Å². The summed E-state index contributed by atoms with van der Waals surface area (Å²) in [7, 11) is 0. The molecular weight excluding hydrogens is 230 g/mol. The third-order valence-corrected chi connectivity index (χ3v) is 2.97. The number of hydrogen-bond acceptors (Lipinski definition) is 3. The summed E-state index contributed by atoms with van der Waals surface area (Å²) in [4.78, 5) is 24.8. The molecule has 3 N–H and O–H groups in total. The molecule has 2 amide bonds. The molecule has 96 valence electrons. The normalized spacial score (nSPS) is 15.7. The van der Waals surface area contributed by atoms with Gasteiger partial charge in [-0.15, -0.1) is 0 Å². The summed E-state index contributed by atoms with van der Waals surface area (Å²) in [5.41, 5.74) is 7.40. The number of para-hydroxylation sites is 1. The summed E-state index contributed by atoms with van der Waals surface area (Å²) in [6.45, 7) is 0.783. The maximum Gasteiger partial charge on any atom is 0.246 e. The van der Waals surface area contributed by atoms with Crippen molar-refractivity contribution < 1.29 is 9.59 Å². The molecule has 0 radical (unpaired) electrons. The van der Waals surface area contributed by atoms with Gasteiger partial charge in [-0.05, 0) is 31.0 Å². The van der Waals surface area contributed by atoms with Gasteiger partial charge in [0.2, 0.25) is 11.8 Å². The molecule has 1 aliphatic rings. The smallest absolute Gasteiger partial charge is 0.246 e. The van der Waals surface area contributed by atoms with Gasteiger partial charge in [-0.3, -0.25) is 9.59 Å². The maximum atomic E-state index is 11.9. The molecule has 1 aromatic carbocycles. The van der Waals surface area contributed by atoms with Gasteiger partial charge in [-0.25, -0.2) is 0 Å². The fraction of sp³-hybridized carbons (Fsp3) is 0.385. The van der Waals surface area contributed by atoms with Crippen LogP contribution in [-0.4, -0.2) is 31.4 Å². The van der Waals surface area contributed by atoms with Gasteiger partial charge in [0.1, 0.15) is 6.54 Å². The van der Waals surface area contributed by atoms with Gasteiger partial charge in [0.25, 0.3) is 0 Å². The topological polar surface area (TPSA) is 75.4 Å². The highest BCUT2D eigenvalue weighted by atomic mass is 16.2. The lowest BCUT2D eigenvalue weighted by Gasteiger charge is -2.28. The van der Waals surface area contributed by atoms with Gasteiger partial charge in [0, 0.05) is 5.69 Å². The van der Waals surface area contributed by atoms with Crippen molar-refractivity contribution in [1.29, 1.82) is 0 Å². The number of benzene rings is 1. The Kier molecular flexibility index (Phi) is 3.94. The molecule has 2 rings (SSSR count). The van der Waals surface area contributed by atoms with Gasteiger partial charge in [0.15, 0.2) is 0 Å². The predicted molar refractivity (Wildman–Crippen MR) is 69.2 cm³/mol. The molecule has 5 heteroatoms. The summed E-state index contributed by atoms with van der Waals surface area (Å²) in [6.07, 6.45) is 1.68. The summed E-state index contributed by atoms with van der Waals surface area (Å²) in [6, 6.07) is 7.66. The lowest BCUT2D eigenvalue weighted by atomic mass is 10.1. The molecule has 1 aliphatic heterocycles. The number of nitrogens with zero attached hydrogens (tertiary/aromatic N) is 1. The van der Waals surface area contributed by atoms with Crippen LogP contribution in [0.2, 0.25) is 0 Å². The van der Waals surface area contributed by atoms with Crippen LogP contribution in [0.1, 0.15) is 12.0 Å². The summed E-state index contributed by atoms with van der Waals surface area (Å²) < 4.78 is 0. The van der Waals surface area contributed by atoms with E-state index in [1.165, 1.54) is 0 Å². The van der Waals surface area contributed by atoms with E-state index in [1.54, 1.807) is 4.90 Å². The number of aryl methyl sites for hydroxylation is 1. The first kappa shape index (κ1) is 12.6. The Morgan fingerprint density at radius 1 is 1.28 bits per heavy atom. The van der Waals surface area contributed by atoms with Crippen LogP contribution in [0, 0.1) is 0 Å². The van der Waals surface area contributed by atoms with Gasteiger partial charge in [-0.2, -0.15) is 0 Å². The number of rotatable bonds is 4. The van der Waals surface area contributed by atoms with Crippen molar-refractivity contribution in [1.82, 2.24) is 5.32 Å². The number of hydrogen-bond donors (Lipinski definition) is 2. The summed E-state index contributed by atoms with van der Waals surface area (Å²) >= 11 is 0. The fourth-order valence-electron chi connectivity index (χ4n) is 2.05. The molecule has 18 heavy (non-hydrogen) atoms. The molecule has 1 saturated heterocycles. The zero-order chi connectivity index (χ0) is 13.0. The molecule has 0 spiro atoms. The van der Waals surface area contributed by atoms with E-state index in [0.29, 0.717) is 6.54 Å². The lowest BCUT2D eigenvalue weighted by molar-refractivity contribution is -0.128. The van der Waals surface area contributed by atoms with Crippen LogP contribution in [0.15, 0.2) is 24.3 Å². The molecule has 0 unspecified atom stereocenters. The predicted octanol–water partition coefficient (Wildman–Crippen LogP) is 0.0407. The minimum Gasteiger partial charge on any atom is -0.345 e. The third-order valence-electron chi connectivity index (χ3n) is 2.97. The molecule has 0 saturated carbocycles. The SMILES string of the molecule is NCCCc1ccccc1N1CC(=O)NCC1=O. The second-order valence-corrected chi connectivity index (χ2v) is 4.28. The van der Waals surface area contributed by atoms with Crippen LogP contribution in [0.25, 0.3) is 0 Å². The minimum atomic E-state index is -0.122. The van der Waals surface area contributed by atoms with Gasteiger partial charge >= 0.3 is 0 Å². The van der Waals surface area contributed by atoms with Crippen molar-refractivity contribution in [3.05, 3.63) is 29.8 Å². The molecule has 0 atom stereocenters. The number of carbonyl (C=O) groups is 2. The molecule has 0 aromatic heterocycles. The van der Waals surface area contributed by atoms with Crippen molar-refractivity contribution in [2.75, 3.05) is 24.5 Å². The summed E-state index contributed by atoms with van der Waals surface area (Å²) in [5.74, 6) is -0.196. The molecule has 0 aliphatic carbocycles. The van der Waals surface area contributed by atoms with E-state index in [0.717, 1.165) is 24.1 Å². The maximum absolute atomic E-state index is 11.9. The molecule has 1 fully saturated rings. The Bertz CT molecular complexity index is 459. The van der Waals surface area contributed by atoms with Crippen molar-refractivity contribution in [2.24, 2.45) is 5.73 Å². The number of amides is 2. The molecule has 1 heterocycles. The first-order valence-corrected chi connectivity index (χ1v) is 6.07. The Hall–Kier alpha value is -1.88. The van der Waals surface area contributed by atoms with Crippen molar-refractivity contribution in [3.63, 3.8) is 0 Å². The number of nitrogens with one attached hydrogen (secondary N) is 1. The number of anilines is 1. The Balaban J connectivity index is 2.25. The third kappa shape index (κ3) is 2.68. The monoisotopic (exact) mass is 247 g/mol. The molecular formula is C13H17N3O2. The van der Waals surface area contributed by atoms with E-state index >= 15 is 0 Å². The second-order valence-electron chi connectivity index (χ2n) is 4.28. The van der Waals surface area contributed by atoms with Crippen LogP contribution < -0.4 is 16.0 Å². The highest BCUT2D eigenvalue weighted by Gasteiger charge is 2.25. The minimum absolute atomic E-state index is 0.0735. The van der Waals surface area contributed by atoms with Crippen LogP contribution >= 0.6 is 0 Å². The van der Waals surface area contributed by atoms with E-state index in [4.69, 9.17) is 5.73 Å². The lowest BCUT2D eigenvalue weighted by Crippen LogP contribution is -2.52. The van der Waals surface area contributed by atoms with Crippen LogP contribution in [-0.2, 0) is 16.0 Å². The molecule has 1 aromatic rings. The molecule has 0 bridgehead atoms. The van der Waals surface area contributed by atoms with E-state index in [2.05, 4.69) is 5.32 Å². The van der Waals surface area contributed by atoms with Crippen molar-refractivity contribution in [2.45, 2.75) is 12.8 Å². The van der Waals surface area contributed by atoms with Gasteiger partial charge in [0.05, 0.1) is 6.54 Å². The van der Waals surface area contributed by atoms with E-state index < -0.39 is 0 Å². The first-order valence-electron chi connectivity index (χ1n) is 6.07. The Morgan fingerprint density at radius 2 is 2.06 bits per heavy atom. The molecule has 5 nitrogen and oxygen atoms in total. The highest BCUT2D eigenvalue weighted by Crippen LogP contribution is 2.22. The second kappa shape index (κ2) is 5.64. The van der Waals surface area contributed by atoms with E-state index in [-0.39, 0.29) is 24.9 Å². The number of nitrogens with two attached hydrogens (primary N) is 1. The fourth-order valence-corrected chi connectivity index (χ4v) is 2.05. The highest BCUT2D eigenvalue weighted by molar-refractivity contribution is 6.04. The zero-order valence-corrected chi connectivity index (χ0v) is 10.2. The van der Waals surface area contributed by atoms with Crippen LogP contribution in [0.4, 0.5) is 5.69 Å². The van der Waals surface area contributed by atoms with E-state index in [9.17, 15) is 9.59 Å². The quantitative estimate of drug-likeness (QED) is 0.789. The van der Waals surface area contributed by atoms with Crippen molar-refractivity contribution >= 4 is 17.5 Å². The summed E-state index contributed by atoms with van der Waals surface area (Å²) in [5, 5.41) is 2.54. The van der Waals surface area contributed by atoms with E-state index in [1.807, 2.05) is 24.3 Å². The average molecular weight is 247 g/mol.